The Balaban J connectivity index is 0.00000240. The molecule has 1 aliphatic rings. The lowest BCUT2D eigenvalue weighted by molar-refractivity contribution is -0.137. The van der Waals surface area contributed by atoms with Gasteiger partial charge in [0, 0.05) is 24.5 Å². The van der Waals surface area contributed by atoms with E-state index in [-0.39, 0.29) is 19.0 Å². The van der Waals surface area contributed by atoms with Crippen molar-refractivity contribution in [1.29, 1.82) is 0 Å². The van der Waals surface area contributed by atoms with Crippen molar-refractivity contribution in [3.63, 3.8) is 0 Å². The zero-order chi connectivity index (χ0) is 19.7. The number of aromatic nitrogens is 2. The van der Waals surface area contributed by atoms with E-state index >= 15 is 0 Å². The lowest BCUT2D eigenvalue weighted by Gasteiger charge is -2.11. The van der Waals surface area contributed by atoms with Gasteiger partial charge in [0.25, 0.3) is 0 Å². The molecule has 1 atom stereocenters. The van der Waals surface area contributed by atoms with Crippen LogP contribution in [-0.2, 0) is 17.5 Å². The van der Waals surface area contributed by atoms with Crippen LogP contribution in [0.15, 0.2) is 42.5 Å². The minimum atomic E-state index is -4.37. The third-order valence-electron chi connectivity index (χ3n) is 4.87. The zero-order valence-electron chi connectivity index (χ0n) is 15.5. The van der Waals surface area contributed by atoms with Crippen molar-refractivity contribution in [3.05, 3.63) is 53.7 Å². The maximum atomic E-state index is 12.8. The Kier molecular flexibility index (Phi) is 6.36. The fraction of sp³-hybridized carbons (Fsp3) is 0.350. The number of nitrogens with two attached hydrogens (primary N) is 1. The van der Waals surface area contributed by atoms with Crippen LogP contribution in [0.1, 0.15) is 17.7 Å². The van der Waals surface area contributed by atoms with E-state index in [9.17, 15) is 13.2 Å². The molecule has 1 unspecified atom stereocenters. The van der Waals surface area contributed by atoms with Crippen LogP contribution in [0.3, 0.4) is 0 Å². The van der Waals surface area contributed by atoms with E-state index in [2.05, 4.69) is 5.10 Å². The summed E-state index contributed by atoms with van der Waals surface area (Å²) in [5.41, 5.74) is 7.09. The Bertz CT molecular complexity index is 968. The molecule has 0 bridgehead atoms. The molecule has 3 aromatic rings. The van der Waals surface area contributed by atoms with E-state index in [4.69, 9.17) is 15.2 Å². The van der Waals surface area contributed by atoms with Gasteiger partial charge >= 0.3 is 6.18 Å². The summed E-state index contributed by atoms with van der Waals surface area (Å²) in [5, 5.41) is 5.31. The maximum absolute atomic E-state index is 12.8. The predicted molar refractivity (Wildman–Crippen MR) is 106 cm³/mol. The smallest absolute Gasteiger partial charge is 0.416 e. The van der Waals surface area contributed by atoms with Gasteiger partial charge < -0.3 is 15.2 Å². The van der Waals surface area contributed by atoms with E-state index in [1.54, 1.807) is 4.68 Å². The van der Waals surface area contributed by atoms with Gasteiger partial charge in [0.2, 0.25) is 0 Å². The molecule has 0 amide bonds. The highest BCUT2D eigenvalue weighted by molar-refractivity contribution is 5.85. The van der Waals surface area contributed by atoms with Gasteiger partial charge in [0.15, 0.2) is 0 Å². The van der Waals surface area contributed by atoms with Gasteiger partial charge in [0.05, 0.1) is 35.7 Å². The molecule has 1 aliphatic heterocycles. The summed E-state index contributed by atoms with van der Waals surface area (Å²) in [6.45, 7) is 2.27. The third-order valence-corrected chi connectivity index (χ3v) is 4.87. The summed E-state index contributed by atoms with van der Waals surface area (Å²) in [5.74, 6) is 1.10. The lowest BCUT2D eigenvalue weighted by atomic mass is 10.1. The van der Waals surface area contributed by atoms with Crippen LogP contribution >= 0.6 is 12.4 Å². The Morgan fingerprint density at radius 3 is 2.55 bits per heavy atom. The van der Waals surface area contributed by atoms with E-state index in [1.165, 1.54) is 12.1 Å². The Morgan fingerprint density at radius 2 is 1.93 bits per heavy atom. The molecule has 29 heavy (non-hydrogen) atoms. The molecule has 1 fully saturated rings. The number of hydrogen-bond acceptors (Lipinski definition) is 4. The van der Waals surface area contributed by atoms with Crippen LogP contribution in [0.4, 0.5) is 13.2 Å². The quantitative estimate of drug-likeness (QED) is 0.658. The van der Waals surface area contributed by atoms with Crippen LogP contribution in [0, 0.1) is 5.92 Å². The molecule has 1 aromatic heterocycles. The topological polar surface area (TPSA) is 62.3 Å². The molecule has 2 heterocycles. The van der Waals surface area contributed by atoms with Gasteiger partial charge in [-0.25, -0.2) is 4.68 Å². The highest BCUT2D eigenvalue weighted by Gasteiger charge is 2.30. The van der Waals surface area contributed by atoms with Gasteiger partial charge in [-0.1, -0.05) is 0 Å². The first-order valence-electron chi connectivity index (χ1n) is 9.05. The number of benzene rings is 2. The first-order chi connectivity index (χ1) is 13.5. The van der Waals surface area contributed by atoms with Crippen LogP contribution in [0.5, 0.6) is 5.75 Å². The second-order valence-corrected chi connectivity index (χ2v) is 6.83. The molecule has 5 nitrogen and oxygen atoms in total. The number of hydrogen-bond donors (Lipinski definition) is 1. The first-order valence-corrected chi connectivity index (χ1v) is 9.05. The van der Waals surface area contributed by atoms with Crippen molar-refractivity contribution in [3.8, 4) is 11.4 Å². The lowest BCUT2D eigenvalue weighted by Crippen LogP contribution is -2.11. The molecule has 9 heteroatoms. The van der Waals surface area contributed by atoms with Gasteiger partial charge in [-0.15, -0.1) is 12.4 Å². The van der Waals surface area contributed by atoms with E-state index in [0.717, 1.165) is 36.1 Å². The largest absolute Gasteiger partial charge is 0.493 e. The minimum absolute atomic E-state index is 0. The third kappa shape index (κ3) is 4.49. The van der Waals surface area contributed by atoms with Crippen LogP contribution < -0.4 is 10.5 Å². The van der Waals surface area contributed by atoms with E-state index in [0.29, 0.717) is 36.3 Å². The Hall–Kier alpha value is -2.29. The van der Waals surface area contributed by atoms with Crippen molar-refractivity contribution >= 4 is 23.3 Å². The number of ether oxygens (including phenoxy) is 2. The zero-order valence-corrected chi connectivity index (χ0v) is 16.3. The molecular formula is C20H21ClF3N3O2. The van der Waals surface area contributed by atoms with Gasteiger partial charge in [0.1, 0.15) is 5.75 Å². The SMILES string of the molecule is Cl.NCc1nn(-c2ccc(C(F)(F)F)cc2)c2ccc(OCC3CCOC3)cc12. The molecule has 0 saturated carbocycles. The second-order valence-electron chi connectivity index (χ2n) is 6.83. The van der Waals surface area contributed by atoms with Crippen molar-refractivity contribution < 1.29 is 22.6 Å². The molecule has 2 aromatic carbocycles. The molecule has 0 aliphatic carbocycles. The Morgan fingerprint density at radius 1 is 1.17 bits per heavy atom. The highest BCUT2D eigenvalue weighted by Crippen LogP contribution is 2.31. The number of nitrogens with zero attached hydrogens (tertiary/aromatic N) is 2. The predicted octanol–water partition coefficient (Wildman–Crippen LogP) is 4.34. The first kappa shape index (κ1) is 21.4. The number of halogens is 4. The molecule has 0 spiro atoms. The summed E-state index contributed by atoms with van der Waals surface area (Å²) < 4.78 is 51.2. The average Bonchev–Trinajstić information content (AvgIpc) is 3.33. The molecular weight excluding hydrogens is 407 g/mol. The van der Waals surface area contributed by atoms with E-state index < -0.39 is 11.7 Å². The number of rotatable bonds is 5. The highest BCUT2D eigenvalue weighted by atomic mass is 35.5. The second kappa shape index (κ2) is 8.61. The van der Waals surface area contributed by atoms with Gasteiger partial charge in [-0.3, -0.25) is 0 Å². The number of fused-ring (bicyclic) bond motifs is 1. The molecule has 2 N–H and O–H groups in total. The molecule has 4 rings (SSSR count). The van der Waals surface area contributed by atoms with Crippen LogP contribution in [0.2, 0.25) is 0 Å². The maximum Gasteiger partial charge on any atom is 0.416 e. The molecule has 156 valence electrons. The number of alkyl halides is 3. The van der Waals surface area contributed by atoms with Crippen molar-refractivity contribution in [2.45, 2.75) is 19.1 Å². The fourth-order valence-corrected chi connectivity index (χ4v) is 3.32. The van der Waals surface area contributed by atoms with Crippen molar-refractivity contribution in [2.24, 2.45) is 11.7 Å². The summed E-state index contributed by atoms with van der Waals surface area (Å²) in [4.78, 5) is 0. The molecule has 1 saturated heterocycles. The van der Waals surface area contributed by atoms with Crippen molar-refractivity contribution in [1.82, 2.24) is 9.78 Å². The normalized spacial score (nSPS) is 16.8. The summed E-state index contributed by atoms with van der Waals surface area (Å²) in [7, 11) is 0. The van der Waals surface area contributed by atoms with Crippen molar-refractivity contribution in [2.75, 3.05) is 19.8 Å². The van der Waals surface area contributed by atoms with E-state index in [1.807, 2.05) is 18.2 Å². The van der Waals surface area contributed by atoms with Gasteiger partial charge in [-0.05, 0) is 48.9 Å². The monoisotopic (exact) mass is 427 g/mol. The van der Waals surface area contributed by atoms with Gasteiger partial charge in [-0.2, -0.15) is 18.3 Å². The van der Waals surface area contributed by atoms with Crippen LogP contribution in [0.25, 0.3) is 16.6 Å². The summed E-state index contributed by atoms with van der Waals surface area (Å²) >= 11 is 0. The molecule has 0 radical (unpaired) electrons. The summed E-state index contributed by atoms with van der Waals surface area (Å²) in [6.07, 6.45) is -3.38. The fourth-order valence-electron chi connectivity index (χ4n) is 3.32. The minimum Gasteiger partial charge on any atom is -0.493 e. The van der Waals surface area contributed by atoms with Crippen LogP contribution in [-0.4, -0.2) is 29.6 Å². The average molecular weight is 428 g/mol. The standard InChI is InChI=1S/C20H20F3N3O2.ClH/c21-20(22,23)14-1-3-15(4-2-14)26-19-6-5-16(9-17(19)18(10-24)25-26)28-12-13-7-8-27-11-13;/h1-6,9,13H,7-8,10-12,24H2;1H. The summed E-state index contributed by atoms with van der Waals surface area (Å²) in [6, 6.07) is 10.5. The Labute approximate surface area is 172 Å².